The summed E-state index contributed by atoms with van der Waals surface area (Å²) in [6.45, 7) is 7.31. The number of nitrogens with one attached hydrogen (secondary N) is 1. The Morgan fingerprint density at radius 2 is 1.71 bits per heavy atom. The Kier molecular flexibility index (Phi) is 5.25. The highest BCUT2D eigenvalue weighted by molar-refractivity contribution is 5.71. The van der Waals surface area contributed by atoms with Gasteiger partial charge >= 0.3 is 18.1 Å². The Balaban J connectivity index is 1.20. The van der Waals surface area contributed by atoms with Crippen molar-refractivity contribution in [2.75, 3.05) is 19.6 Å². The third-order valence-corrected chi connectivity index (χ3v) is 7.83. The molecular weight excluding hydrogens is 454 g/mol. The smallest absolute Gasteiger partial charge is 0.407 e. The van der Waals surface area contributed by atoms with E-state index in [-0.39, 0.29) is 35.2 Å². The molecule has 5 aliphatic rings. The molecule has 2 aromatic carbocycles. The minimum Gasteiger partial charge on any atom is -0.445 e. The normalized spacial score (nSPS) is 28.0. The van der Waals surface area contributed by atoms with Crippen molar-refractivity contribution in [2.24, 2.45) is 11.3 Å². The van der Waals surface area contributed by atoms with Crippen LogP contribution >= 0.6 is 0 Å². The number of carbonyl (C=O) groups is 1. The van der Waals surface area contributed by atoms with Crippen LogP contribution in [-0.2, 0) is 11.2 Å². The molecule has 1 aliphatic carbocycles. The third kappa shape index (κ3) is 4.03. The molecule has 8 heteroatoms. The Bertz CT molecular complexity index is 1220. The van der Waals surface area contributed by atoms with E-state index in [1.165, 1.54) is 0 Å². The van der Waals surface area contributed by atoms with Gasteiger partial charge in [0.25, 0.3) is 0 Å². The molecule has 0 radical (unpaired) electrons. The van der Waals surface area contributed by atoms with Crippen LogP contribution in [0.3, 0.4) is 0 Å². The maximum atomic E-state index is 13.5. The van der Waals surface area contributed by atoms with E-state index < -0.39 is 12.0 Å². The number of fused-ring (bicyclic) bond motifs is 5. The molecule has 184 valence electrons. The molecule has 7 rings (SSSR count). The molecule has 4 aliphatic heterocycles. The summed E-state index contributed by atoms with van der Waals surface area (Å²) in [7, 11) is 0. The molecule has 35 heavy (non-hydrogen) atoms. The van der Waals surface area contributed by atoms with E-state index in [1.807, 2.05) is 12.1 Å². The van der Waals surface area contributed by atoms with Crippen LogP contribution < -0.4 is 14.8 Å². The monoisotopic (exact) mass is 482 g/mol. The minimum atomic E-state index is -1.38. The average molecular weight is 483 g/mol. The summed E-state index contributed by atoms with van der Waals surface area (Å²) in [6, 6.07) is 8.11. The molecular formula is C27H28F2N2O4. The lowest BCUT2D eigenvalue weighted by molar-refractivity contribution is -0.0348. The molecule has 1 unspecified atom stereocenters. The summed E-state index contributed by atoms with van der Waals surface area (Å²) in [5.74, 6) is 0.710. The maximum absolute atomic E-state index is 13.5. The number of hydrogen-bond donors (Lipinski definition) is 1. The number of benzene rings is 2. The van der Waals surface area contributed by atoms with E-state index in [0.717, 1.165) is 61.2 Å². The third-order valence-electron chi connectivity index (χ3n) is 7.83. The van der Waals surface area contributed by atoms with Crippen molar-refractivity contribution in [2.45, 2.75) is 45.3 Å². The second kappa shape index (κ2) is 8.22. The first-order valence-electron chi connectivity index (χ1n) is 12.1. The van der Waals surface area contributed by atoms with Gasteiger partial charge in [0.2, 0.25) is 0 Å². The molecule has 2 bridgehead atoms. The number of halogens is 2. The number of nitrogens with zero attached hydrogens (tertiary/aromatic N) is 1. The highest BCUT2D eigenvalue weighted by atomic mass is 19.2. The average Bonchev–Trinajstić information content (AvgIpc) is 3.08. The second-order valence-electron chi connectivity index (χ2n) is 10.7. The number of ether oxygens (including phenoxy) is 3. The van der Waals surface area contributed by atoms with Gasteiger partial charge in [-0.3, -0.25) is 4.90 Å². The van der Waals surface area contributed by atoms with Crippen molar-refractivity contribution in [1.82, 2.24) is 10.2 Å². The Hall–Kier alpha value is -3.13. The van der Waals surface area contributed by atoms with Gasteiger partial charge in [-0.1, -0.05) is 38.1 Å². The molecule has 0 aromatic heterocycles. The first-order chi connectivity index (χ1) is 16.8. The van der Waals surface area contributed by atoms with Gasteiger partial charge in [0.1, 0.15) is 6.10 Å². The fourth-order valence-corrected chi connectivity index (χ4v) is 5.97. The van der Waals surface area contributed by atoms with Crippen LogP contribution in [0.15, 0.2) is 48.4 Å². The van der Waals surface area contributed by atoms with Crippen molar-refractivity contribution in [3.05, 3.63) is 59.6 Å². The van der Waals surface area contributed by atoms with Gasteiger partial charge in [-0.2, -0.15) is 8.78 Å². The van der Waals surface area contributed by atoms with Crippen molar-refractivity contribution in [1.29, 1.82) is 0 Å². The molecule has 0 saturated carbocycles. The first-order valence-corrected chi connectivity index (χ1v) is 12.1. The zero-order chi connectivity index (χ0) is 24.3. The summed E-state index contributed by atoms with van der Waals surface area (Å²) >= 11 is 0. The van der Waals surface area contributed by atoms with Gasteiger partial charge in [-0.05, 0) is 78.1 Å². The lowest BCUT2D eigenvalue weighted by Gasteiger charge is -2.44. The fourth-order valence-electron chi connectivity index (χ4n) is 5.97. The molecule has 4 heterocycles. The van der Waals surface area contributed by atoms with Crippen LogP contribution in [0.25, 0.3) is 11.1 Å². The van der Waals surface area contributed by atoms with E-state index in [2.05, 4.69) is 30.1 Å². The molecule has 2 aromatic rings. The predicted octanol–water partition coefficient (Wildman–Crippen LogP) is 5.63. The van der Waals surface area contributed by atoms with Gasteiger partial charge in [-0.15, -0.1) is 0 Å². The van der Waals surface area contributed by atoms with Gasteiger partial charge in [0.05, 0.1) is 6.04 Å². The van der Waals surface area contributed by atoms with E-state index in [0.29, 0.717) is 5.92 Å². The Labute approximate surface area is 202 Å². The van der Waals surface area contributed by atoms with Crippen molar-refractivity contribution >= 4 is 6.09 Å². The van der Waals surface area contributed by atoms with E-state index in [4.69, 9.17) is 14.2 Å². The van der Waals surface area contributed by atoms with Crippen LogP contribution in [0.5, 0.6) is 11.5 Å². The number of carbonyl (C=O) groups excluding carboxylic acids is 1. The van der Waals surface area contributed by atoms with E-state index >= 15 is 0 Å². The van der Waals surface area contributed by atoms with Gasteiger partial charge in [0, 0.05) is 6.54 Å². The number of amides is 1. The van der Waals surface area contributed by atoms with Gasteiger partial charge < -0.3 is 19.5 Å². The Morgan fingerprint density at radius 3 is 2.43 bits per heavy atom. The summed E-state index contributed by atoms with van der Waals surface area (Å²) in [5, 5.41) is 3.14. The number of hydrogen-bond acceptors (Lipinski definition) is 5. The van der Waals surface area contributed by atoms with Crippen molar-refractivity contribution in [3.63, 3.8) is 0 Å². The van der Waals surface area contributed by atoms with E-state index in [9.17, 15) is 13.6 Å². The van der Waals surface area contributed by atoms with Gasteiger partial charge in [-0.25, -0.2) is 4.79 Å². The summed E-state index contributed by atoms with van der Waals surface area (Å²) in [5.41, 5.74) is 3.72. The first kappa shape index (κ1) is 22.3. The van der Waals surface area contributed by atoms with E-state index in [1.54, 1.807) is 18.2 Å². The van der Waals surface area contributed by atoms with Crippen molar-refractivity contribution in [3.8, 4) is 22.6 Å². The van der Waals surface area contributed by atoms with Crippen LogP contribution in [0.2, 0.25) is 0 Å². The Morgan fingerprint density at radius 1 is 1.03 bits per heavy atom. The summed E-state index contributed by atoms with van der Waals surface area (Å²) in [6.07, 6.45) is 2.58. The zero-order valence-electron chi connectivity index (χ0n) is 19.8. The second-order valence-corrected chi connectivity index (χ2v) is 10.7. The fraction of sp³-hybridized carbons (Fsp3) is 0.444. The topological polar surface area (TPSA) is 60.0 Å². The van der Waals surface area contributed by atoms with Crippen LogP contribution in [0.1, 0.15) is 43.9 Å². The molecule has 1 amide bonds. The molecule has 3 saturated heterocycles. The molecule has 1 N–H and O–H groups in total. The summed E-state index contributed by atoms with van der Waals surface area (Å²) < 4.78 is 42.4. The predicted molar refractivity (Wildman–Crippen MR) is 125 cm³/mol. The highest BCUT2D eigenvalue weighted by Gasteiger charge is 2.42. The highest BCUT2D eigenvalue weighted by Crippen LogP contribution is 2.47. The lowest BCUT2D eigenvalue weighted by atomic mass is 9.85. The quantitative estimate of drug-likeness (QED) is 0.614. The number of alkyl carbamates (subject to hydrolysis) is 1. The minimum absolute atomic E-state index is 0.0350. The molecule has 2 atom stereocenters. The number of piperidine rings is 3. The number of rotatable bonds is 3. The standard InChI is InChI=1S/C27H28F2N2O4/c1-27(2)13-18-11-16(17-4-6-20-21(12-17)34-25(29)24(28)33-20)3-5-19(18)23(27)30-26(32)35-22-14-31-9-7-15(22)8-10-31/h3-6,11-12,15,22-23H,7-10,13-14H2,1-2H3,(H,30,32)/t22-,23?/m1/s1. The lowest BCUT2D eigenvalue weighted by Crippen LogP contribution is -2.53. The van der Waals surface area contributed by atoms with Gasteiger partial charge in [0.15, 0.2) is 11.5 Å². The zero-order valence-corrected chi connectivity index (χ0v) is 19.8. The molecule has 0 spiro atoms. The SMILES string of the molecule is CC1(C)Cc2cc(-c3ccc4c(c3)OC(F)=C(F)O4)ccc2C1NC(=O)O[C@@H]1CN2CCC1CC2. The van der Waals surface area contributed by atoms with Crippen LogP contribution in [0.4, 0.5) is 13.6 Å². The molecule has 3 fully saturated rings. The van der Waals surface area contributed by atoms with Crippen LogP contribution in [0, 0.1) is 11.3 Å². The largest absolute Gasteiger partial charge is 0.445 e. The maximum Gasteiger partial charge on any atom is 0.407 e. The van der Waals surface area contributed by atoms with Crippen LogP contribution in [-0.4, -0.2) is 36.7 Å². The molecule has 6 nitrogen and oxygen atoms in total. The summed E-state index contributed by atoms with van der Waals surface area (Å²) in [4.78, 5) is 15.2. The van der Waals surface area contributed by atoms with Crippen molar-refractivity contribution < 1.29 is 27.8 Å².